The highest BCUT2D eigenvalue weighted by Gasteiger charge is 2.35. The van der Waals surface area contributed by atoms with Crippen LogP contribution in [0, 0.1) is 19.8 Å². The first kappa shape index (κ1) is 27.5. The van der Waals surface area contributed by atoms with Crippen LogP contribution in [0.3, 0.4) is 0 Å². The van der Waals surface area contributed by atoms with Gasteiger partial charge in [-0.1, -0.05) is 36.8 Å². The molecular formula is C25H33ClN4O3S3. The zero-order chi connectivity index (χ0) is 26.0. The Balaban J connectivity index is 1.53. The predicted octanol–water partition coefficient (Wildman–Crippen LogP) is 5.40. The molecule has 0 spiro atoms. The smallest absolute Gasteiger partial charge is 0.252 e. The number of halogens is 1. The number of thiophene rings is 1. The normalized spacial score (nSPS) is 15.7. The maximum Gasteiger partial charge on any atom is 0.252 e. The fraction of sp³-hybridized carbons (Fsp3) is 0.520. The van der Waals surface area contributed by atoms with Crippen LogP contribution in [-0.4, -0.2) is 67.8 Å². The molecule has 1 saturated heterocycles. The van der Waals surface area contributed by atoms with Gasteiger partial charge in [0.1, 0.15) is 4.21 Å². The van der Waals surface area contributed by atoms with E-state index < -0.39 is 10.0 Å². The van der Waals surface area contributed by atoms with Gasteiger partial charge < -0.3 is 4.90 Å². The number of carbonyl (C=O) groups excluding carboxylic acids is 1. The third-order valence-corrected chi connectivity index (χ3v) is 11.6. The van der Waals surface area contributed by atoms with Gasteiger partial charge >= 0.3 is 0 Å². The number of amides is 1. The Bertz CT molecular complexity index is 1290. The van der Waals surface area contributed by atoms with E-state index in [4.69, 9.17) is 16.6 Å². The van der Waals surface area contributed by atoms with Crippen molar-refractivity contribution < 1.29 is 13.2 Å². The van der Waals surface area contributed by atoms with Gasteiger partial charge in [0.25, 0.3) is 10.0 Å². The Morgan fingerprint density at radius 3 is 2.36 bits per heavy atom. The number of hydrogen-bond acceptors (Lipinski definition) is 7. The Labute approximate surface area is 226 Å². The van der Waals surface area contributed by atoms with Crippen molar-refractivity contribution in [2.75, 3.05) is 44.2 Å². The SMILES string of the molecule is CCN(CC)CCN(C(=O)C1CCN(S(=O)(=O)c2ccc(Cl)s2)CC1)c1nc2cc(C)c(C)cc2s1. The average molecular weight is 569 g/mol. The van der Waals surface area contributed by atoms with Gasteiger partial charge in [-0.3, -0.25) is 9.69 Å². The van der Waals surface area contributed by atoms with Crippen LogP contribution in [0.5, 0.6) is 0 Å². The summed E-state index contributed by atoms with van der Waals surface area (Å²) in [5.74, 6) is -0.207. The quantitative estimate of drug-likeness (QED) is 0.345. The predicted molar refractivity (Wildman–Crippen MR) is 150 cm³/mol. The number of piperidine rings is 1. The molecular weight excluding hydrogens is 536 g/mol. The number of fused-ring (bicyclic) bond motifs is 1. The Kier molecular flexibility index (Phi) is 8.74. The van der Waals surface area contributed by atoms with E-state index in [1.54, 1.807) is 23.5 Å². The first-order chi connectivity index (χ1) is 17.1. The van der Waals surface area contributed by atoms with Gasteiger partial charge in [-0.2, -0.15) is 4.31 Å². The van der Waals surface area contributed by atoms with Gasteiger partial charge in [-0.05, 0) is 75.2 Å². The van der Waals surface area contributed by atoms with E-state index in [0.717, 1.165) is 46.3 Å². The van der Waals surface area contributed by atoms with E-state index in [1.807, 2.05) is 4.90 Å². The lowest BCUT2D eigenvalue weighted by molar-refractivity contribution is -0.123. The maximum absolute atomic E-state index is 13.8. The molecule has 3 aromatic rings. The van der Waals surface area contributed by atoms with Gasteiger partial charge in [-0.25, -0.2) is 13.4 Å². The number of rotatable bonds is 9. The molecule has 0 atom stereocenters. The first-order valence-electron chi connectivity index (χ1n) is 12.3. The number of likely N-dealkylation sites (N-methyl/N-ethyl adjacent to an activating group) is 1. The van der Waals surface area contributed by atoms with E-state index in [0.29, 0.717) is 36.8 Å². The number of aryl methyl sites for hydroxylation is 2. The summed E-state index contributed by atoms with van der Waals surface area (Å²) in [6.07, 6.45) is 0.976. The minimum atomic E-state index is -3.59. The molecule has 11 heteroatoms. The Hall–Kier alpha value is -1.56. The standard InChI is InChI=1S/C25H33ClN4O3S3/c1-5-28(6-2)13-14-30(25-27-20-15-17(3)18(4)16-21(20)34-25)24(31)19-9-11-29(12-10-19)36(32,33)23-8-7-22(26)35-23/h7-8,15-16,19H,5-6,9-14H2,1-4H3. The molecule has 1 aliphatic rings. The summed E-state index contributed by atoms with van der Waals surface area (Å²) in [6.45, 7) is 12.2. The number of anilines is 1. The largest absolute Gasteiger partial charge is 0.302 e. The number of nitrogens with zero attached hydrogens (tertiary/aromatic N) is 4. The maximum atomic E-state index is 13.8. The number of hydrogen-bond donors (Lipinski definition) is 0. The van der Waals surface area contributed by atoms with Crippen LogP contribution in [0.4, 0.5) is 5.13 Å². The fourth-order valence-electron chi connectivity index (χ4n) is 4.49. The van der Waals surface area contributed by atoms with Crippen molar-refractivity contribution in [3.8, 4) is 0 Å². The summed E-state index contributed by atoms with van der Waals surface area (Å²) >= 11 is 8.57. The molecule has 1 amide bonds. The third-order valence-electron chi connectivity index (χ3n) is 6.97. The highest BCUT2D eigenvalue weighted by Crippen LogP contribution is 2.34. The fourth-order valence-corrected chi connectivity index (χ4v) is 8.68. The highest BCUT2D eigenvalue weighted by atomic mass is 35.5. The molecule has 0 aliphatic carbocycles. The molecule has 1 aromatic carbocycles. The summed E-state index contributed by atoms with van der Waals surface area (Å²) in [6, 6.07) is 7.37. The molecule has 4 rings (SSSR count). The molecule has 1 fully saturated rings. The van der Waals surface area contributed by atoms with E-state index >= 15 is 0 Å². The molecule has 0 saturated carbocycles. The van der Waals surface area contributed by atoms with Gasteiger partial charge in [0.2, 0.25) is 5.91 Å². The van der Waals surface area contributed by atoms with Crippen molar-refractivity contribution in [2.24, 2.45) is 5.92 Å². The van der Waals surface area contributed by atoms with Crippen molar-refractivity contribution in [1.29, 1.82) is 0 Å². The summed E-state index contributed by atoms with van der Waals surface area (Å²) in [7, 11) is -3.59. The van der Waals surface area contributed by atoms with Crippen molar-refractivity contribution in [1.82, 2.24) is 14.2 Å². The number of sulfonamides is 1. The van der Waals surface area contributed by atoms with Crippen LogP contribution in [0.2, 0.25) is 4.34 Å². The lowest BCUT2D eigenvalue weighted by Crippen LogP contribution is -2.46. The molecule has 196 valence electrons. The van der Waals surface area contributed by atoms with Gasteiger partial charge in [0, 0.05) is 32.1 Å². The van der Waals surface area contributed by atoms with Crippen LogP contribution in [-0.2, 0) is 14.8 Å². The monoisotopic (exact) mass is 568 g/mol. The van der Waals surface area contributed by atoms with E-state index in [2.05, 4.69) is 44.7 Å². The second-order valence-electron chi connectivity index (χ2n) is 9.15. The van der Waals surface area contributed by atoms with Crippen molar-refractivity contribution in [3.05, 3.63) is 39.7 Å². The molecule has 0 radical (unpaired) electrons. The van der Waals surface area contributed by atoms with Crippen LogP contribution >= 0.6 is 34.3 Å². The molecule has 7 nitrogen and oxygen atoms in total. The van der Waals surface area contributed by atoms with Crippen LogP contribution < -0.4 is 4.90 Å². The van der Waals surface area contributed by atoms with E-state index in [-0.39, 0.29) is 16.0 Å². The van der Waals surface area contributed by atoms with Crippen LogP contribution in [0.15, 0.2) is 28.5 Å². The van der Waals surface area contributed by atoms with E-state index in [1.165, 1.54) is 15.4 Å². The van der Waals surface area contributed by atoms with Gasteiger partial charge in [0.05, 0.1) is 14.6 Å². The minimum Gasteiger partial charge on any atom is -0.302 e. The summed E-state index contributed by atoms with van der Waals surface area (Å²) in [5.41, 5.74) is 3.30. The molecule has 1 aliphatic heterocycles. The minimum absolute atomic E-state index is 0.0332. The number of aromatic nitrogens is 1. The number of thiazole rings is 1. The first-order valence-corrected chi connectivity index (χ1v) is 15.8. The van der Waals surface area contributed by atoms with E-state index in [9.17, 15) is 13.2 Å². The van der Waals surface area contributed by atoms with Crippen molar-refractivity contribution >= 4 is 65.6 Å². The summed E-state index contributed by atoms with van der Waals surface area (Å²) in [4.78, 5) is 22.8. The van der Waals surface area contributed by atoms with Gasteiger partial charge in [-0.15, -0.1) is 11.3 Å². The average Bonchev–Trinajstić information content (AvgIpc) is 3.48. The number of benzene rings is 1. The summed E-state index contributed by atoms with van der Waals surface area (Å²) in [5, 5.41) is 0.718. The Morgan fingerprint density at radius 1 is 1.08 bits per heavy atom. The van der Waals surface area contributed by atoms with Gasteiger partial charge in [0.15, 0.2) is 5.13 Å². The lowest BCUT2D eigenvalue weighted by Gasteiger charge is -2.33. The topological polar surface area (TPSA) is 73.8 Å². The van der Waals surface area contributed by atoms with Crippen LogP contribution in [0.25, 0.3) is 10.2 Å². The van der Waals surface area contributed by atoms with Crippen molar-refractivity contribution in [2.45, 2.75) is 44.7 Å². The highest BCUT2D eigenvalue weighted by molar-refractivity contribution is 7.91. The second-order valence-corrected chi connectivity index (χ2v) is 14.0. The molecule has 0 N–H and O–H groups in total. The molecule has 3 heterocycles. The zero-order valence-electron chi connectivity index (χ0n) is 21.2. The second kappa shape index (κ2) is 11.4. The van der Waals surface area contributed by atoms with Crippen LogP contribution in [0.1, 0.15) is 37.8 Å². The molecule has 2 aromatic heterocycles. The number of carbonyl (C=O) groups is 1. The van der Waals surface area contributed by atoms with Crippen molar-refractivity contribution in [3.63, 3.8) is 0 Å². The third kappa shape index (κ3) is 5.79. The molecule has 0 bridgehead atoms. The molecule has 36 heavy (non-hydrogen) atoms. The summed E-state index contributed by atoms with van der Waals surface area (Å²) < 4.78 is 29.2. The zero-order valence-corrected chi connectivity index (χ0v) is 24.4. The molecule has 0 unspecified atom stereocenters. The lowest BCUT2D eigenvalue weighted by atomic mass is 9.96. The Morgan fingerprint density at radius 2 is 1.75 bits per heavy atom.